The molecule has 0 radical (unpaired) electrons. The summed E-state index contributed by atoms with van der Waals surface area (Å²) in [6.07, 6.45) is 11.5. The van der Waals surface area contributed by atoms with Crippen LogP contribution in [0.1, 0.15) is 51.4 Å². The van der Waals surface area contributed by atoms with Gasteiger partial charge in [0.2, 0.25) is 0 Å². The summed E-state index contributed by atoms with van der Waals surface area (Å²) in [5, 5.41) is 0. The Morgan fingerprint density at radius 1 is 1.07 bits per heavy atom. The van der Waals surface area contributed by atoms with Crippen molar-refractivity contribution in [1.29, 1.82) is 0 Å². The van der Waals surface area contributed by atoms with Gasteiger partial charge in [-0.2, -0.15) is 0 Å². The van der Waals surface area contributed by atoms with Crippen LogP contribution >= 0.6 is 15.9 Å². The summed E-state index contributed by atoms with van der Waals surface area (Å²) < 4.78 is 5.72. The van der Waals surface area contributed by atoms with Crippen LogP contribution in [0.15, 0.2) is 0 Å². The van der Waals surface area contributed by atoms with E-state index in [2.05, 4.69) is 15.9 Å². The maximum atomic E-state index is 5.72. The molecule has 2 rings (SSSR count). The Morgan fingerprint density at radius 2 is 1.93 bits per heavy atom. The molecule has 2 heteroatoms. The second-order valence-electron chi connectivity index (χ2n) is 4.85. The van der Waals surface area contributed by atoms with Crippen molar-refractivity contribution < 1.29 is 4.74 Å². The van der Waals surface area contributed by atoms with Crippen LogP contribution in [-0.4, -0.2) is 17.5 Å². The number of rotatable bonds is 2. The van der Waals surface area contributed by atoms with Crippen molar-refractivity contribution in [2.24, 2.45) is 5.92 Å². The van der Waals surface area contributed by atoms with Crippen LogP contribution in [0, 0.1) is 5.92 Å². The Hall–Kier alpha value is 0.440. The molecule has 1 heterocycles. The zero-order valence-electron chi connectivity index (χ0n) is 8.88. The van der Waals surface area contributed by atoms with Crippen molar-refractivity contribution >= 4 is 15.9 Å². The minimum atomic E-state index is 0.595. The monoisotopic (exact) mass is 260 g/mol. The highest BCUT2D eigenvalue weighted by molar-refractivity contribution is 9.09. The molecule has 1 saturated heterocycles. The Kier molecular flexibility index (Phi) is 4.30. The highest BCUT2D eigenvalue weighted by Crippen LogP contribution is 2.32. The van der Waals surface area contributed by atoms with Crippen LogP contribution in [-0.2, 0) is 4.74 Å². The van der Waals surface area contributed by atoms with Gasteiger partial charge in [0.1, 0.15) is 0 Å². The fraction of sp³-hybridized carbons (Fsp3) is 1.00. The fourth-order valence-corrected chi connectivity index (χ4v) is 3.66. The van der Waals surface area contributed by atoms with Gasteiger partial charge in [0.25, 0.3) is 0 Å². The third-order valence-corrected chi connectivity index (χ3v) is 4.42. The molecule has 1 aliphatic heterocycles. The lowest BCUT2D eigenvalue weighted by Crippen LogP contribution is -2.14. The largest absolute Gasteiger partial charge is 0.378 e. The maximum Gasteiger partial charge on any atom is 0.0578 e. The summed E-state index contributed by atoms with van der Waals surface area (Å²) in [4.78, 5) is 0.774. The lowest BCUT2D eigenvalue weighted by Gasteiger charge is -2.19. The summed E-state index contributed by atoms with van der Waals surface area (Å²) in [6, 6.07) is 0. The molecule has 0 bridgehead atoms. The molecule has 0 aromatic rings. The standard InChI is InChI=1S/C12H21BrO/c13-11-5-2-1-4-10(8-11)9-12-6-3-7-14-12/h10-12H,1-9H2. The molecule has 3 unspecified atom stereocenters. The first-order chi connectivity index (χ1) is 6.84. The molecule has 3 atom stereocenters. The van der Waals surface area contributed by atoms with Gasteiger partial charge in [0, 0.05) is 11.4 Å². The minimum absolute atomic E-state index is 0.595. The van der Waals surface area contributed by atoms with E-state index < -0.39 is 0 Å². The van der Waals surface area contributed by atoms with E-state index in [1.54, 1.807) is 0 Å². The lowest BCUT2D eigenvalue weighted by molar-refractivity contribution is 0.0874. The molecule has 14 heavy (non-hydrogen) atoms. The van der Waals surface area contributed by atoms with Gasteiger partial charge in [0.05, 0.1) is 6.10 Å². The van der Waals surface area contributed by atoms with E-state index in [0.717, 1.165) is 17.4 Å². The lowest BCUT2D eigenvalue weighted by atomic mass is 9.93. The number of ether oxygens (including phenoxy) is 1. The molecule has 82 valence electrons. The zero-order valence-corrected chi connectivity index (χ0v) is 10.5. The van der Waals surface area contributed by atoms with Gasteiger partial charge in [-0.05, 0) is 38.0 Å². The summed E-state index contributed by atoms with van der Waals surface area (Å²) in [5.74, 6) is 0.921. The van der Waals surface area contributed by atoms with Gasteiger partial charge in [-0.3, -0.25) is 0 Å². The van der Waals surface area contributed by atoms with Crippen LogP contribution < -0.4 is 0 Å². The van der Waals surface area contributed by atoms with Crippen LogP contribution in [0.5, 0.6) is 0 Å². The van der Waals surface area contributed by atoms with Crippen molar-refractivity contribution in [3.05, 3.63) is 0 Å². The Labute approximate surface area is 95.7 Å². The average molecular weight is 261 g/mol. The molecule has 0 N–H and O–H groups in total. The van der Waals surface area contributed by atoms with E-state index in [4.69, 9.17) is 4.74 Å². The van der Waals surface area contributed by atoms with E-state index in [1.165, 1.54) is 51.4 Å². The molecule has 0 amide bonds. The van der Waals surface area contributed by atoms with Crippen LogP contribution in [0.4, 0.5) is 0 Å². The van der Waals surface area contributed by atoms with Crippen LogP contribution in [0.25, 0.3) is 0 Å². The maximum absolute atomic E-state index is 5.72. The SMILES string of the molecule is BrC1CCCCC(CC2CCCO2)C1. The van der Waals surface area contributed by atoms with Gasteiger partial charge >= 0.3 is 0 Å². The van der Waals surface area contributed by atoms with E-state index in [9.17, 15) is 0 Å². The molecule has 1 aliphatic carbocycles. The summed E-state index contributed by atoms with van der Waals surface area (Å²) in [7, 11) is 0. The number of halogens is 1. The van der Waals surface area contributed by atoms with Gasteiger partial charge in [0.15, 0.2) is 0 Å². The van der Waals surface area contributed by atoms with Crippen molar-refractivity contribution in [2.75, 3.05) is 6.61 Å². The second kappa shape index (κ2) is 5.50. The first-order valence-electron chi connectivity index (χ1n) is 6.10. The van der Waals surface area contributed by atoms with Crippen molar-refractivity contribution in [1.82, 2.24) is 0 Å². The Morgan fingerprint density at radius 3 is 2.71 bits per heavy atom. The van der Waals surface area contributed by atoms with E-state index in [-0.39, 0.29) is 0 Å². The molecular weight excluding hydrogens is 240 g/mol. The molecule has 2 aliphatic rings. The topological polar surface area (TPSA) is 9.23 Å². The highest BCUT2D eigenvalue weighted by atomic mass is 79.9. The quantitative estimate of drug-likeness (QED) is 0.541. The van der Waals surface area contributed by atoms with Crippen molar-refractivity contribution in [3.8, 4) is 0 Å². The van der Waals surface area contributed by atoms with E-state index in [1.807, 2.05) is 0 Å². The summed E-state index contributed by atoms with van der Waals surface area (Å²) in [5.41, 5.74) is 0. The molecule has 2 fully saturated rings. The molecule has 0 aromatic heterocycles. The van der Waals surface area contributed by atoms with Crippen molar-refractivity contribution in [2.45, 2.75) is 62.3 Å². The smallest absolute Gasteiger partial charge is 0.0578 e. The summed E-state index contributed by atoms with van der Waals surface area (Å²) in [6.45, 7) is 1.01. The minimum Gasteiger partial charge on any atom is -0.378 e. The van der Waals surface area contributed by atoms with Gasteiger partial charge < -0.3 is 4.74 Å². The molecule has 0 aromatic carbocycles. The predicted molar refractivity (Wildman–Crippen MR) is 62.9 cm³/mol. The highest BCUT2D eigenvalue weighted by Gasteiger charge is 2.24. The first-order valence-corrected chi connectivity index (χ1v) is 7.02. The normalized spacial score (nSPS) is 39.6. The molecule has 1 nitrogen and oxygen atoms in total. The second-order valence-corrected chi connectivity index (χ2v) is 6.15. The Bertz CT molecular complexity index is 166. The number of hydrogen-bond donors (Lipinski definition) is 0. The first kappa shape index (κ1) is 10.9. The van der Waals surface area contributed by atoms with Crippen molar-refractivity contribution in [3.63, 3.8) is 0 Å². The van der Waals surface area contributed by atoms with Gasteiger partial charge in [-0.1, -0.05) is 35.2 Å². The molecule has 1 saturated carbocycles. The number of alkyl halides is 1. The van der Waals surface area contributed by atoms with Gasteiger partial charge in [-0.25, -0.2) is 0 Å². The molecular formula is C12H21BrO. The average Bonchev–Trinajstić information content (AvgIpc) is 2.56. The third-order valence-electron chi connectivity index (χ3n) is 3.59. The van der Waals surface area contributed by atoms with E-state index in [0.29, 0.717) is 6.10 Å². The summed E-state index contributed by atoms with van der Waals surface area (Å²) >= 11 is 3.79. The third kappa shape index (κ3) is 3.23. The molecule has 0 spiro atoms. The fourth-order valence-electron chi connectivity index (χ4n) is 2.81. The van der Waals surface area contributed by atoms with Gasteiger partial charge in [-0.15, -0.1) is 0 Å². The van der Waals surface area contributed by atoms with Crippen LogP contribution in [0.3, 0.4) is 0 Å². The van der Waals surface area contributed by atoms with Crippen LogP contribution in [0.2, 0.25) is 0 Å². The number of hydrogen-bond acceptors (Lipinski definition) is 1. The Balaban J connectivity index is 1.77. The zero-order chi connectivity index (χ0) is 9.80. The van der Waals surface area contributed by atoms with E-state index >= 15 is 0 Å². The predicted octanol–water partition coefficient (Wildman–Crippen LogP) is 3.90.